The molecule has 4 rings (SSSR count). The lowest BCUT2D eigenvalue weighted by atomic mass is 10.1. The Bertz CT molecular complexity index is 1330. The van der Waals surface area contributed by atoms with Gasteiger partial charge in [0.25, 0.3) is 5.56 Å². The number of hydrogen-bond acceptors (Lipinski definition) is 5. The number of carbonyl (C=O) groups is 1. The zero-order valence-corrected chi connectivity index (χ0v) is 19.5. The third kappa shape index (κ3) is 4.29. The van der Waals surface area contributed by atoms with Crippen molar-refractivity contribution in [3.05, 3.63) is 86.8 Å². The van der Waals surface area contributed by atoms with E-state index in [4.69, 9.17) is 0 Å². The van der Waals surface area contributed by atoms with E-state index in [1.54, 1.807) is 29.2 Å². The van der Waals surface area contributed by atoms with Crippen molar-refractivity contribution >= 4 is 28.9 Å². The summed E-state index contributed by atoms with van der Waals surface area (Å²) >= 11 is 3.29. The minimum atomic E-state index is -0.285. The molecule has 5 nitrogen and oxygen atoms in total. The fraction of sp³-hybridized carbons (Fsp3) is 0.208. The van der Waals surface area contributed by atoms with Crippen LogP contribution in [0.5, 0.6) is 0 Å². The maximum Gasteiger partial charge on any atom is 0.267 e. The van der Waals surface area contributed by atoms with Crippen molar-refractivity contribution in [2.75, 3.05) is 6.26 Å². The van der Waals surface area contributed by atoms with E-state index in [1.807, 2.05) is 57.4 Å². The molecule has 0 saturated heterocycles. The Morgan fingerprint density at radius 3 is 2.58 bits per heavy atom. The average Bonchev–Trinajstić information content (AvgIpc) is 3.32. The molecule has 0 radical (unpaired) electrons. The normalized spacial score (nSPS) is 11.1. The molecular weight excluding hydrogens is 426 g/mol. The second-order valence-electron chi connectivity index (χ2n) is 7.37. The SMILES string of the molecule is CSc1cccc(-n2c(C)cc(C(=O)Cn3nc(-c4ccc(C)s4)ccc3=O)c2C)c1. The molecule has 1 aromatic carbocycles. The van der Waals surface area contributed by atoms with Crippen LogP contribution in [0, 0.1) is 20.8 Å². The van der Waals surface area contributed by atoms with Crippen LogP contribution in [0.15, 0.2) is 64.3 Å². The van der Waals surface area contributed by atoms with E-state index in [-0.39, 0.29) is 17.9 Å². The molecule has 3 aromatic heterocycles. The molecule has 31 heavy (non-hydrogen) atoms. The smallest absolute Gasteiger partial charge is 0.267 e. The summed E-state index contributed by atoms with van der Waals surface area (Å²) in [7, 11) is 0. The quantitative estimate of drug-likeness (QED) is 0.296. The number of benzene rings is 1. The summed E-state index contributed by atoms with van der Waals surface area (Å²) in [6, 6.07) is 17.3. The molecule has 0 aliphatic heterocycles. The van der Waals surface area contributed by atoms with Crippen molar-refractivity contribution in [1.29, 1.82) is 0 Å². The highest BCUT2D eigenvalue weighted by atomic mass is 32.2. The molecule has 0 amide bonds. The van der Waals surface area contributed by atoms with E-state index in [0.717, 1.165) is 26.8 Å². The van der Waals surface area contributed by atoms with Gasteiger partial charge < -0.3 is 4.57 Å². The molecule has 3 heterocycles. The molecule has 0 spiro atoms. The number of aromatic nitrogens is 3. The van der Waals surface area contributed by atoms with E-state index in [9.17, 15) is 9.59 Å². The van der Waals surface area contributed by atoms with Crippen LogP contribution < -0.4 is 5.56 Å². The van der Waals surface area contributed by atoms with Crippen LogP contribution in [0.1, 0.15) is 26.6 Å². The molecule has 0 fully saturated rings. The number of aryl methyl sites for hydroxylation is 2. The fourth-order valence-corrected chi connectivity index (χ4v) is 4.96. The first-order chi connectivity index (χ1) is 14.9. The minimum absolute atomic E-state index is 0.0911. The predicted molar refractivity (Wildman–Crippen MR) is 128 cm³/mol. The molecule has 4 aromatic rings. The van der Waals surface area contributed by atoms with Gasteiger partial charge in [-0.2, -0.15) is 5.10 Å². The number of carbonyl (C=O) groups excluding carboxylic acids is 1. The van der Waals surface area contributed by atoms with Gasteiger partial charge in [-0.3, -0.25) is 9.59 Å². The Balaban J connectivity index is 1.66. The van der Waals surface area contributed by atoms with Gasteiger partial charge in [-0.05, 0) is 69.5 Å². The van der Waals surface area contributed by atoms with Crippen LogP contribution in [0.2, 0.25) is 0 Å². The van der Waals surface area contributed by atoms with Crippen molar-refractivity contribution in [1.82, 2.24) is 14.3 Å². The molecule has 0 unspecified atom stereocenters. The van der Waals surface area contributed by atoms with Crippen LogP contribution in [-0.2, 0) is 6.54 Å². The van der Waals surface area contributed by atoms with Crippen LogP contribution >= 0.6 is 23.1 Å². The highest BCUT2D eigenvalue weighted by molar-refractivity contribution is 7.98. The van der Waals surface area contributed by atoms with Crippen molar-refractivity contribution in [2.45, 2.75) is 32.2 Å². The van der Waals surface area contributed by atoms with Gasteiger partial charge in [0.15, 0.2) is 5.78 Å². The molecular formula is C24H23N3O2S2. The molecule has 0 N–H and O–H groups in total. The Morgan fingerprint density at radius 1 is 1.06 bits per heavy atom. The summed E-state index contributed by atoms with van der Waals surface area (Å²) in [4.78, 5) is 28.8. The first kappa shape index (κ1) is 21.3. The zero-order valence-electron chi connectivity index (χ0n) is 17.9. The standard InChI is InChI=1S/C24H23N3O2S2/c1-15-12-20(17(3)27(15)18-6-5-7-19(13-18)30-4)22(28)14-26-24(29)11-9-21(25-26)23-10-8-16(2)31-23/h5-13H,14H2,1-4H3. The topological polar surface area (TPSA) is 56.9 Å². The van der Waals surface area contributed by atoms with Crippen molar-refractivity contribution < 1.29 is 4.79 Å². The summed E-state index contributed by atoms with van der Waals surface area (Å²) in [5.41, 5.74) is 3.88. The summed E-state index contributed by atoms with van der Waals surface area (Å²) in [6.45, 7) is 5.86. The maximum atomic E-state index is 13.1. The molecule has 0 aliphatic carbocycles. The first-order valence-corrected chi connectivity index (χ1v) is 11.9. The maximum absolute atomic E-state index is 13.1. The molecule has 0 atom stereocenters. The van der Waals surface area contributed by atoms with Gasteiger partial charge in [-0.15, -0.1) is 23.1 Å². The average molecular weight is 450 g/mol. The van der Waals surface area contributed by atoms with Gasteiger partial charge in [0, 0.05) is 38.5 Å². The Kier molecular flexibility index (Phi) is 5.98. The molecule has 0 aliphatic rings. The van der Waals surface area contributed by atoms with Crippen molar-refractivity contribution in [3.63, 3.8) is 0 Å². The van der Waals surface area contributed by atoms with E-state index >= 15 is 0 Å². The minimum Gasteiger partial charge on any atom is -0.318 e. The summed E-state index contributed by atoms with van der Waals surface area (Å²) < 4.78 is 3.33. The van der Waals surface area contributed by atoms with Crippen LogP contribution in [-0.4, -0.2) is 26.4 Å². The van der Waals surface area contributed by atoms with E-state index in [2.05, 4.69) is 21.8 Å². The van der Waals surface area contributed by atoms with Gasteiger partial charge in [-0.1, -0.05) is 6.07 Å². The fourth-order valence-electron chi connectivity index (χ4n) is 3.68. The Labute approximate surface area is 189 Å². The number of thioether (sulfide) groups is 1. The summed E-state index contributed by atoms with van der Waals surface area (Å²) in [5.74, 6) is -0.130. The Morgan fingerprint density at radius 2 is 1.87 bits per heavy atom. The first-order valence-electron chi connectivity index (χ1n) is 9.89. The van der Waals surface area contributed by atoms with Gasteiger partial charge in [0.1, 0.15) is 12.2 Å². The zero-order chi connectivity index (χ0) is 22.1. The lowest BCUT2D eigenvalue weighted by Gasteiger charge is -2.11. The van der Waals surface area contributed by atoms with Crippen LogP contribution in [0.4, 0.5) is 0 Å². The number of hydrogen-bond donors (Lipinski definition) is 0. The van der Waals surface area contributed by atoms with Crippen molar-refractivity contribution in [3.8, 4) is 16.3 Å². The van der Waals surface area contributed by atoms with Gasteiger partial charge >= 0.3 is 0 Å². The summed E-state index contributed by atoms with van der Waals surface area (Å²) in [5, 5.41) is 4.45. The van der Waals surface area contributed by atoms with Crippen LogP contribution in [0.25, 0.3) is 16.3 Å². The number of thiophene rings is 1. The van der Waals surface area contributed by atoms with E-state index in [1.165, 1.54) is 15.6 Å². The highest BCUT2D eigenvalue weighted by Crippen LogP contribution is 2.26. The van der Waals surface area contributed by atoms with E-state index < -0.39 is 0 Å². The second-order valence-corrected chi connectivity index (χ2v) is 9.54. The number of Topliss-reactive ketones (excluding diaryl/α,β-unsaturated/α-hetero) is 1. The monoisotopic (exact) mass is 449 g/mol. The molecule has 158 valence electrons. The van der Waals surface area contributed by atoms with Gasteiger partial charge in [0.05, 0.1) is 4.88 Å². The van der Waals surface area contributed by atoms with Gasteiger partial charge in [-0.25, -0.2) is 4.68 Å². The molecule has 0 saturated carbocycles. The summed E-state index contributed by atoms with van der Waals surface area (Å²) in [6.07, 6.45) is 2.04. The van der Waals surface area contributed by atoms with Gasteiger partial charge in [0.2, 0.25) is 0 Å². The molecule has 7 heteroatoms. The number of rotatable bonds is 6. The van der Waals surface area contributed by atoms with Crippen LogP contribution in [0.3, 0.4) is 0 Å². The highest BCUT2D eigenvalue weighted by Gasteiger charge is 2.18. The van der Waals surface area contributed by atoms with Crippen molar-refractivity contribution in [2.24, 2.45) is 0 Å². The second kappa shape index (κ2) is 8.69. The van der Waals surface area contributed by atoms with E-state index in [0.29, 0.717) is 11.3 Å². The number of ketones is 1. The largest absolute Gasteiger partial charge is 0.318 e. The Hall–Kier alpha value is -2.90. The number of nitrogens with zero attached hydrogens (tertiary/aromatic N) is 3. The predicted octanol–water partition coefficient (Wildman–Crippen LogP) is 5.29. The lowest BCUT2D eigenvalue weighted by Crippen LogP contribution is -2.26. The third-order valence-electron chi connectivity index (χ3n) is 5.20. The third-order valence-corrected chi connectivity index (χ3v) is 6.94. The molecule has 0 bridgehead atoms. The lowest BCUT2D eigenvalue weighted by molar-refractivity contribution is 0.0965.